The van der Waals surface area contributed by atoms with Gasteiger partial charge in [-0.05, 0) is 28.1 Å². The smallest absolute Gasteiger partial charge is 0.307 e. The van der Waals surface area contributed by atoms with Crippen LogP contribution < -0.4 is 5.32 Å². The number of methoxy groups -OCH3 is 2. The summed E-state index contributed by atoms with van der Waals surface area (Å²) < 4.78 is 12.4. The maximum atomic E-state index is 11.8. The third-order valence-corrected chi connectivity index (χ3v) is 3.56. The second-order valence-corrected chi connectivity index (χ2v) is 4.70. The summed E-state index contributed by atoms with van der Waals surface area (Å²) in [6.45, 7) is 0. The third kappa shape index (κ3) is 2.15. The van der Waals surface area contributed by atoms with Gasteiger partial charge in [0.15, 0.2) is 6.23 Å². The molecule has 1 aliphatic heterocycles. The molecule has 2 rings (SSSR count). The van der Waals surface area contributed by atoms with Crippen LogP contribution in [0.25, 0.3) is 0 Å². The van der Waals surface area contributed by atoms with Gasteiger partial charge < -0.3 is 19.4 Å². The number of hydrogen-bond donors (Lipinski definition) is 1. The van der Waals surface area contributed by atoms with Crippen molar-refractivity contribution in [3.05, 3.63) is 22.4 Å². The Morgan fingerprint density at radius 2 is 2.22 bits per heavy atom. The lowest BCUT2D eigenvalue weighted by molar-refractivity contribution is -0.143. The predicted molar refractivity (Wildman–Crippen MR) is 66.1 cm³/mol. The van der Waals surface area contributed by atoms with E-state index in [1.54, 1.807) is 16.7 Å². The molecule has 98 valence electrons. The number of ether oxygens (including phenoxy) is 2. The molecule has 1 aromatic rings. The number of amides is 1. The highest BCUT2D eigenvalue weighted by Gasteiger charge is 2.36. The molecule has 0 fully saturated rings. The number of halogens is 1. The van der Waals surface area contributed by atoms with Crippen LogP contribution in [0.3, 0.4) is 0 Å². The molecular weight excluding hydrogens is 304 g/mol. The van der Waals surface area contributed by atoms with Crippen molar-refractivity contribution in [1.82, 2.24) is 9.88 Å². The van der Waals surface area contributed by atoms with E-state index in [4.69, 9.17) is 4.74 Å². The van der Waals surface area contributed by atoms with Gasteiger partial charge in [0, 0.05) is 7.11 Å². The topological polar surface area (TPSA) is 69.6 Å². The first-order valence-corrected chi connectivity index (χ1v) is 6.15. The van der Waals surface area contributed by atoms with Gasteiger partial charge in [0.25, 0.3) is 5.91 Å². The normalized spacial score (nSPS) is 22.3. The Morgan fingerprint density at radius 3 is 2.83 bits per heavy atom. The maximum Gasteiger partial charge on any atom is 0.307 e. The van der Waals surface area contributed by atoms with E-state index in [-0.39, 0.29) is 24.3 Å². The molecule has 2 atom stereocenters. The molecule has 2 heterocycles. The largest absolute Gasteiger partial charge is 0.469 e. The van der Waals surface area contributed by atoms with Crippen molar-refractivity contribution in [3.63, 3.8) is 0 Å². The third-order valence-electron chi connectivity index (χ3n) is 2.91. The Morgan fingerprint density at radius 1 is 1.50 bits per heavy atom. The Balaban J connectivity index is 2.40. The number of carbonyl (C=O) groups excluding carboxylic acids is 2. The van der Waals surface area contributed by atoms with Crippen LogP contribution in [0, 0.1) is 0 Å². The van der Waals surface area contributed by atoms with Gasteiger partial charge >= 0.3 is 5.97 Å². The summed E-state index contributed by atoms with van der Waals surface area (Å²) in [7, 11) is 2.81. The van der Waals surface area contributed by atoms with Gasteiger partial charge in [-0.25, -0.2) is 0 Å². The highest BCUT2D eigenvalue weighted by Crippen LogP contribution is 2.30. The van der Waals surface area contributed by atoms with Gasteiger partial charge in [0.05, 0.1) is 24.2 Å². The van der Waals surface area contributed by atoms with Gasteiger partial charge in [-0.15, -0.1) is 0 Å². The lowest BCUT2D eigenvalue weighted by Crippen LogP contribution is -2.49. The minimum absolute atomic E-state index is 0.121. The number of nitrogens with one attached hydrogen (secondary N) is 1. The minimum atomic E-state index is -0.562. The molecule has 0 saturated heterocycles. The van der Waals surface area contributed by atoms with Gasteiger partial charge in [-0.3, -0.25) is 9.59 Å². The van der Waals surface area contributed by atoms with Gasteiger partial charge in [-0.1, -0.05) is 0 Å². The van der Waals surface area contributed by atoms with E-state index in [1.165, 1.54) is 14.2 Å². The Labute approximate surface area is 112 Å². The number of hydrogen-bond acceptors (Lipinski definition) is 4. The number of carbonyl (C=O) groups is 2. The van der Waals surface area contributed by atoms with E-state index in [0.717, 1.165) is 4.60 Å². The van der Waals surface area contributed by atoms with Crippen LogP contribution in [0.5, 0.6) is 0 Å². The first-order valence-electron chi connectivity index (χ1n) is 5.35. The molecular formula is C11H13BrN2O4. The fourth-order valence-electron chi connectivity index (χ4n) is 2.05. The number of esters is 1. The molecule has 0 radical (unpaired) electrons. The summed E-state index contributed by atoms with van der Waals surface area (Å²) >= 11 is 3.36. The second-order valence-electron chi connectivity index (χ2n) is 3.89. The van der Waals surface area contributed by atoms with Gasteiger partial charge in [-0.2, -0.15) is 0 Å². The van der Waals surface area contributed by atoms with E-state index in [2.05, 4.69) is 26.0 Å². The average molecular weight is 317 g/mol. The van der Waals surface area contributed by atoms with E-state index >= 15 is 0 Å². The lowest BCUT2D eigenvalue weighted by Gasteiger charge is -2.33. The van der Waals surface area contributed by atoms with Crippen LogP contribution in [0.1, 0.15) is 23.0 Å². The summed E-state index contributed by atoms with van der Waals surface area (Å²) in [5.41, 5.74) is 0.490. The zero-order valence-corrected chi connectivity index (χ0v) is 11.6. The molecule has 6 nitrogen and oxygen atoms in total. The zero-order valence-electron chi connectivity index (χ0n) is 9.97. The fraction of sp³-hybridized carbons (Fsp3) is 0.455. The predicted octanol–water partition coefficient (Wildman–Crippen LogP) is 1.07. The molecule has 7 heteroatoms. The van der Waals surface area contributed by atoms with Crippen LogP contribution in [-0.4, -0.2) is 36.9 Å². The van der Waals surface area contributed by atoms with E-state index in [0.29, 0.717) is 5.69 Å². The van der Waals surface area contributed by atoms with E-state index in [1.807, 2.05) is 0 Å². The van der Waals surface area contributed by atoms with Crippen molar-refractivity contribution in [2.24, 2.45) is 0 Å². The molecule has 18 heavy (non-hydrogen) atoms. The molecule has 1 aromatic heterocycles. The lowest BCUT2D eigenvalue weighted by atomic mass is 10.1. The van der Waals surface area contributed by atoms with E-state index in [9.17, 15) is 9.59 Å². The first kappa shape index (κ1) is 13.1. The fourth-order valence-corrected chi connectivity index (χ4v) is 2.63. The van der Waals surface area contributed by atoms with Gasteiger partial charge in [0.2, 0.25) is 0 Å². The molecule has 0 spiro atoms. The molecule has 1 N–H and O–H groups in total. The van der Waals surface area contributed by atoms with Crippen LogP contribution in [-0.2, 0) is 14.3 Å². The monoisotopic (exact) mass is 316 g/mol. The van der Waals surface area contributed by atoms with Crippen LogP contribution >= 0.6 is 15.9 Å². The van der Waals surface area contributed by atoms with E-state index < -0.39 is 6.23 Å². The van der Waals surface area contributed by atoms with Crippen molar-refractivity contribution in [2.75, 3.05) is 14.2 Å². The zero-order chi connectivity index (χ0) is 13.3. The average Bonchev–Trinajstić information content (AvgIpc) is 2.75. The summed E-state index contributed by atoms with van der Waals surface area (Å²) in [6, 6.07) is 3.12. The number of fused-ring (bicyclic) bond motifs is 1. The Bertz CT molecular complexity index is 485. The maximum absolute atomic E-state index is 11.8. The summed E-state index contributed by atoms with van der Waals surface area (Å²) in [5.74, 6) is -0.585. The minimum Gasteiger partial charge on any atom is -0.469 e. The summed E-state index contributed by atoms with van der Waals surface area (Å²) in [5, 5.41) is 2.70. The van der Waals surface area contributed by atoms with Crippen LogP contribution in [0.2, 0.25) is 0 Å². The molecule has 1 aliphatic rings. The molecule has 0 aliphatic carbocycles. The molecule has 0 saturated carbocycles. The first-order chi connectivity index (χ1) is 8.58. The quantitative estimate of drug-likeness (QED) is 0.847. The summed E-state index contributed by atoms with van der Waals surface area (Å²) in [6.07, 6.45) is -0.442. The van der Waals surface area contributed by atoms with Crippen molar-refractivity contribution in [3.8, 4) is 0 Å². The number of aromatic nitrogens is 1. The van der Waals surface area contributed by atoms with Crippen LogP contribution in [0.4, 0.5) is 0 Å². The molecule has 1 amide bonds. The Kier molecular flexibility index (Phi) is 3.72. The second kappa shape index (κ2) is 5.11. The standard InChI is InChI=1S/C11H13BrN2O4/c1-17-9(15)5-7-11(18-2)13-10(16)6-3-4-8(12)14(6)7/h3-4,7,11H,5H2,1-2H3,(H,13,16)/t7-,11-/m1/s1. The number of rotatable bonds is 3. The molecule has 0 aromatic carbocycles. The van der Waals surface area contributed by atoms with Crippen molar-refractivity contribution >= 4 is 27.8 Å². The van der Waals surface area contributed by atoms with Crippen molar-refractivity contribution < 1.29 is 19.1 Å². The SMILES string of the molecule is COC(=O)C[C@@H]1[C@@H](OC)NC(=O)c2ccc(Br)n21. The van der Waals surface area contributed by atoms with Crippen molar-refractivity contribution in [1.29, 1.82) is 0 Å². The van der Waals surface area contributed by atoms with Crippen LogP contribution in [0.15, 0.2) is 16.7 Å². The summed E-state index contributed by atoms with van der Waals surface area (Å²) in [4.78, 5) is 23.3. The van der Waals surface area contributed by atoms with Crippen molar-refractivity contribution in [2.45, 2.75) is 18.7 Å². The van der Waals surface area contributed by atoms with Gasteiger partial charge in [0.1, 0.15) is 5.69 Å². The number of nitrogens with zero attached hydrogens (tertiary/aromatic N) is 1. The highest BCUT2D eigenvalue weighted by molar-refractivity contribution is 9.10. The molecule has 0 bridgehead atoms. The molecule has 0 unspecified atom stereocenters. The Hall–Kier alpha value is -1.34. The highest BCUT2D eigenvalue weighted by atomic mass is 79.9.